The van der Waals surface area contributed by atoms with Crippen molar-refractivity contribution in [2.75, 3.05) is 19.8 Å². The van der Waals surface area contributed by atoms with Crippen LogP contribution in [0.1, 0.15) is 30.3 Å². The number of nitrogens with one attached hydrogen (secondary N) is 1. The van der Waals surface area contributed by atoms with E-state index in [-0.39, 0.29) is 12.5 Å². The Morgan fingerprint density at radius 2 is 2.14 bits per heavy atom. The number of nitrogens with zero attached hydrogens (tertiary/aromatic N) is 1. The summed E-state index contributed by atoms with van der Waals surface area (Å²) >= 11 is 3.34. The summed E-state index contributed by atoms with van der Waals surface area (Å²) in [5.41, 5.74) is -0.397. The number of carboxylic acids is 1. The number of aliphatic carboxylic acids is 1. The van der Waals surface area contributed by atoms with E-state index in [2.05, 4.69) is 21.2 Å². The standard InChI is InChI=1S/C14H19BrN2O4/c1-2-17-8-10(15)7-11(17)12(18)16-9-14(13(19)20)3-5-21-6-4-14/h7-8H,2-6,9H2,1H3,(H,16,18)(H,19,20). The van der Waals surface area contributed by atoms with Gasteiger partial charge in [-0.2, -0.15) is 0 Å². The van der Waals surface area contributed by atoms with E-state index in [1.807, 2.05) is 17.7 Å². The second kappa shape index (κ2) is 6.62. The van der Waals surface area contributed by atoms with Gasteiger partial charge in [0.15, 0.2) is 0 Å². The van der Waals surface area contributed by atoms with Crippen molar-refractivity contribution >= 4 is 27.8 Å². The molecule has 2 rings (SSSR count). The monoisotopic (exact) mass is 358 g/mol. The summed E-state index contributed by atoms with van der Waals surface area (Å²) in [5, 5.41) is 12.2. The number of halogens is 1. The fourth-order valence-electron chi connectivity index (χ4n) is 2.50. The number of hydrogen-bond donors (Lipinski definition) is 2. The van der Waals surface area contributed by atoms with Gasteiger partial charge in [-0.1, -0.05) is 0 Å². The lowest BCUT2D eigenvalue weighted by molar-refractivity contribution is -0.154. The summed E-state index contributed by atoms with van der Waals surface area (Å²) in [6.07, 6.45) is 2.67. The Labute approximate surface area is 131 Å². The average Bonchev–Trinajstić information content (AvgIpc) is 2.86. The van der Waals surface area contributed by atoms with Gasteiger partial charge in [-0.3, -0.25) is 9.59 Å². The molecule has 0 aromatic carbocycles. The number of amides is 1. The van der Waals surface area contributed by atoms with Crippen molar-refractivity contribution in [2.45, 2.75) is 26.3 Å². The predicted octanol–water partition coefficient (Wildman–Crippen LogP) is 1.88. The van der Waals surface area contributed by atoms with Crippen LogP contribution in [-0.4, -0.2) is 41.3 Å². The van der Waals surface area contributed by atoms with E-state index in [1.54, 1.807) is 6.07 Å². The van der Waals surface area contributed by atoms with E-state index in [1.165, 1.54) is 0 Å². The van der Waals surface area contributed by atoms with E-state index >= 15 is 0 Å². The molecule has 6 nitrogen and oxygen atoms in total. The smallest absolute Gasteiger partial charge is 0.311 e. The number of ether oxygens (including phenoxy) is 1. The van der Waals surface area contributed by atoms with Crippen molar-refractivity contribution in [3.63, 3.8) is 0 Å². The lowest BCUT2D eigenvalue weighted by Crippen LogP contribution is -2.46. The number of rotatable bonds is 5. The number of carboxylic acid groups (broad SMARTS) is 1. The van der Waals surface area contributed by atoms with E-state index < -0.39 is 11.4 Å². The molecule has 1 amide bonds. The summed E-state index contributed by atoms with van der Waals surface area (Å²) in [7, 11) is 0. The summed E-state index contributed by atoms with van der Waals surface area (Å²) < 4.78 is 7.86. The summed E-state index contributed by atoms with van der Waals surface area (Å²) in [6.45, 7) is 3.57. The second-order valence-corrected chi connectivity index (χ2v) is 6.13. The Hall–Kier alpha value is -1.34. The van der Waals surface area contributed by atoms with Crippen LogP contribution in [0.3, 0.4) is 0 Å². The molecule has 0 atom stereocenters. The molecule has 1 aromatic heterocycles. The van der Waals surface area contributed by atoms with Crippen LogP contribution < -0.4 is 5.32 Å². The molecule has 2 N–H and O–H groups in total. The third kappa shape index (κ3) is 3.47. The molecule has 1 saturated heterocycles. The van der Waals surface area contributed by atoms with E-state index in [9.17, 15) is 14.7 Å². The maximum atomic E-state index is 12.3. The van der Waals surface area contributed by atoms with Gasteiger partial charge in [0, 0.05) is 37.0 Å². The van der Waals surface area contributed by atoms with E-state index in [0.717, 1.165) is 4.47 Å². The molecule has 2 heterocycles. The maximum absolute atomic E-state index is 12.3. The van der Waals surface area contributed by atoms with Crippen LogP contribution in [0.2, 0.25) is 0 Å². The Bertz CT molecular complexity index is 535. The highest BCUT2D eigenvalue weighted by Gasteiger charge is 2.40. The molecule has 1 aliphatic heterocycles. The van der Waals surface area contributed by atoms with Gasteiger partial charge in [-0.15, -0.1) is 0 Å². The molecule has 1 fully saturated rings. The lowest BCUT2D eigenvalue weighted by Gasteiger charge is -2.33. The second-order valence-electron chi connectivity index (χ2n) is 5.21. The van der Waals surface area contributed by atoms with Crippen LogP contribution in [0, 0.1) is 5.41 Å². The first kappa shape index (κ1) is 16.0. The minimum Gasteiger partial charge on any atom is -0.481 e. The molecule has 116 valence electrons. The largest absolute Gasteiger partial charge is 0.481 e. The van der Waals surface area contributed by atoms with Crippen LogP contribution in [0.4, 0.5) is 0 Å². The highest BCUT2D eigenvalue weighted by atomic mass is 79.9. The molecule has 7 heteroatoms. The van der Waals surface area contributed by atoms with Crippen LogP contribution in [0.25, 0.3) is 0 Å². The molecular weight excluding hydrogens is 340 g/mol. The summed E-state index contributed by atoms with van der Waals surface area (Å²) in [5.74, 6) is -1.13. The zero-order chi connectivity index (χ0) is 15.5. The topological polar surface area (TPSA) is 80.6 Å². The molecule has 0 bridgehead atoms. The number of hydrogen-bond acceptors (Lipinski definition) is 3. The van der Waals surface area contributed by atoms with Crippen molar-refractivity contribution in [2.24, 2.45) is 5.41 Å². The minimum absolute atomic E-state index is 0.122. The fraction of sp³-hybridized carbons (Fsp3) is 0.571. The molecule has 0 spiro atoms. The first-order chi connectivity index (χ1) is 9.98. The number of carbonyl (C=O) groups excluding carboxylic acids is 1. The van der Waals surface area contributed by atoms with Crippen molar-refractivity contribution in [1.82, 2.24) is 9.88 Å². The van der Waals surface area contributed by atoms with Gasteiger partial charge in [0.05, 0.1) is 5.41 Å². The van der Waals surface area contributed by atoms with Crippen LogP contribution in [-0.2, 0) is 16.1 Å². The highest BCUT2D eigenvalue weighted by Crippen LogP contribution is 2.30. The molecular formula is C14H19BrN2O4. The predicted molar refractivity (Wildman–Crippen MR) is 80.3 cm³/mol. The van der Waals surface area contributed by atoms with Gasteiger partial charge in [-0.05, 0) is 41.8 Å². The minimum atomic E-state index is -0.922. The number of aromatic nitrogens is 1. The third-order valence-corrected chi connectivity index (χ3v) is 4.36. The molecule has 1 aromatic rings. The Kier molecular flexibility index (Phi) is 5.05. The van der Waals surface area contributed by atoms with E-state index in [4.69, 9.17) is 4.74 Å². The molecule has 0 aliphatic carbocycles. The highest BCUT2D eigenvalue weighted by molar-refractivity contribution is 9.10. The zero-order valence-corrected chi connectivity index (χ0v) is 13.5. The van der Waals surface area contributed by atoms with Gasteiger partial charge in [0.25, 0.3) is 5.91 Å². The quantitative estimate of drug-likeness (QED) is 0.841. The summed E-state index contributed by atoms with van der Waals surface area (Å²) in [6, 6.07) is 1.73. The summed E-state index contributed by atoms with van der Waals surface area (Å²) in [4.78, 5) is 23.8. The van der Waals surface area contributed by atoms with E-state index in [0.29, 0.717) is 38.3 Å². The fourth-order valence-corrected chi connectivity index (χ4v) is 2.96. The van der Waals surface area contributed by atoms with Crippen molar-refractivity contribution < 1.29 is 19.4 Å². The number of carbonyl (C=O) groups is 2. The maximum Gasteiger partial charge on any atom is 0.311 e. The van der Waals surface area contributed by atoms with Gasteiger partial charge in [-0.25, -0.2) is 0 Å². The van der Waals surface area contributed by atoms with Crippen LogP contribution in [0.5, 0.6) is 0 Å². The first-order valence-electron chi connectivity index (χ1n) is 6.93. The Morgan fingerprint density at radius 1 is 1.48 bits per heavy atom. The molecule has 0 unspecified atom stereocenters. The van der Waals surface area contributed by atoms with Crippen molar-refractivity contribution in [3.8, 4) is 0 Å². The van der Waals surface area contributed by atoms with Gasteiger partial charge in [0.1, 0.15) is 5.69 Å². The van der Waals surface area contributed by atoms with Crippen molar-refractivity contribution in [1.29, 1.82) is 0 Å². The third-order valence-electron chi connectivity index (χ3n) is 3.93. The lowest BCUT2D eigenvalue weighted by atomic mass is 9.80. The molecule has 1 aliphatic rings. The normalized spacial score (nSPS) is 17.4. The van der Waals surface area contributed by atoms with Crippen LogP contribution >= 0.6 is 15.9 Å². The zero-order valence-electron chi connectivity index (χ0n) is 11.9. The van der Waals surface area contributed by atoms with Gasteiger partial charge >= 0.3 is 5.97 Å². The Balaban J connectivity index is 2.06. The average molecular weight is 359 g/mol. The van der Waals surface area contributed by atoms with Gasteiger partial charge in [0.2, 0.25) is 0 Å². The van der Waals surface area contributed by atoms with Gasteiger partial charge < -0.3 is 19.7 Å². The number of aryl methyl sites for hydroxylation is 1. The SMILES string of the molecule is CCn1cc(Br)cc1C(=O)NCC1(C(=O)O)CCOCC1. The molecule has 21 heavy (non-hydrogen) atoms. The first-order valence-corrected chi connectivity index (χ1v) is 7.73. The Morgan fingerprint density at radius 3 is 2.71 bits per heavy atom. The van der Waals surface area contributed by atoms with Crippen LogP contribution in [0.15, 0.2) is 16.7 Å². The molecule has 0 saturated carbocycles. The van der Waals surface area contributed by atoms with Crippen molar-refractivity contribution in [3.05, 3.63) is 22.4 Å². The molecule has 0 radical (unpaired) electrons.